The zero-order valence-electron chi connectivity index (χ0n) is 11.2. The van der Waals surface area contributed by atoms with Crippen LogP contribution in [0.4, 0.5) is 0 Å². The van der Waals surface area contributed by atoms with Crippen molar-refractivity contribution in [1.29, 1.82) is 0 Å². The number of rotatable bonds is 4. The summed E-state index contributed by atoms with van der Waals surface area (Å²) in [5.41, 5.74) is 9.45. The van der Waals surface area contributed by atoms with Crippen LogP contribution in [0, 0.1) is 6.92 Å². The molecular formula is C16H18ClNO. The van der Waals surface area contributed by atoms with Crippen molar-refractivity contribution in [3.8, 4) is 5.75 Å². The number of benzene rings is 2. The quantitative estimate of drug-likeness (QED) is 0.912. The lowest BCUT2D eigenvalue weighted by atomic mass is 9.96. The van der Waals surface area contributed by atoms with E-state index in [1.165, 1.54) is 0 Å². The lowest BCUT2D eigenvalue weighted by molar-refractivity contribution is 0.340. The molecule has 2 aromatic rings. The normalized spacial score (nSPS) is 12.2. The van der Waals surface area contributed by atoms with Crippen LogP contribution in [0.2, 0.25) is 5.02 Å². The van der Waals surface area contributed by atoms with Gasteiger partial charge in [0.25, 0.3) is 0 Å². The molecule has 0 aliphatic rings. The van der Waals surface area contributed by atoms with Crippen LogP contribution >= 0.6 is 11.6 Å². The Morgan fingerprint density at radius 3 is 2.47 bits per heavy atom. The molecule has 100 valence electrons. The maximum atomic E-state index is 6.31. The van der Waals surface area contributed by atoms with Crippen molar-refractivity contribution >= 4 is 11.6 Å². The van der Waals surface area contributed by atoms with Crippen molar-refractivity contribution in [1.82, 2.24) is 0 Å². The first kappa shape index (κ1) is 13.9. The number of hydrogen-bond acceptors (Lipinski definition) is 2. The maximum absolute atomic E-state index is 6.31. The van der Waals surface area contributed by atoms with Gasteiger partial charge in [-0.25, -0.2) is 0 Å². The molecular weight excluding hydrogens is 258 g/mol. The van der Waals surface area contributed by atoms with Crippen molar-refractivity contribution in [2.45, 2.75) is 19.9 Å². The monoisotopic (exact) mass is 275 g/mol. The van der Waals surface area contributed by atoms with E-state index < -0.39 is 0 Å². The lowest BCUT2D eigenvalue weighted by Gasteiger charge is -2.16. The van der Waals surface area contributed by atoms with Crippen LogP contribution in [0.15, 0.2) is 42.5 Å². The average Bonchev–Trinajstić information content (AvgIpc) is 2.42. The third-order valence-electron chi connectivity index (χ3n) is 3.19. The van der Waals surface area contributed by atoms with Crippen LogP contribution in [-0.2, 0) is 0 Å². The molecule has 0 aromatic heterocycles. The van der Waals surface area contributed by atoms with Crippen molar-refractivity contribution in [3.05, 3.63) is 64.2 Å². The predicted molar refractivity (Wildman–Crippen MR) is 79.8 cm³/mol. The molecule has 2 rings (SSSR count). The van der Waals surface area contributed by atoms with E-state index in [0.29, 0.717) is 6.61 Å². The third kappa shape index (κ3) is 3.09. The summed E-state index contributed by atoms with van der Waals surface area (Å²) in [4.78, 5) is 0. The number of hydrogen-bond donors (Lipinski definition) is 1. The van der Waals surface area contributed by atoms with Gasteiger partial charge in [0.1, 0.15) is 5.75 Å². The fourth-order valence-corrected chi connectivity index (χ4v) is 2.26. The zero-order valence-corrected chi connectivity index (χ0v) is 11.9. The number of nitrogens with two attached hydrogens (primary N) is 1. The van der Waals surface area contributed by atoms with E-state index in [1.54, 1.807) is 0 Å². The van der Waals surface area contributed by atoms with Gasteiger partial charge in [-0.2, -0.15) is 0 Å². The highest BCUT2D eigenvalue weighted by atomic mass is 35.5. The molecule has 1 unspecified atom stereocenters. The van der Waals surface area contributed by atoms with E-state index >= 15 is 0 Å². The molecule has 19 heavy (non-hydrogen) atoms. The van der Waals surface area contributed by atoms with Crippen LogP contribution in [0.5, 0.6) is 5.75 Å². The molecule has 0 aliphatic carbocycles. The first-order valence-electron chi connectivity index (χ1n) is 6.36. The van der Waals surface area contributed by atoms with Gasteiger partial charge < -0.3 is 10.5 Å². The van der Waals surface area contributed by atoms with Gasteiger partial charge in [-0.15, -0.1) is 0 Å². The van der Waals surface area contributed by atoms with E-state index in [0.717, 1.165) is 27.5 Å². The van der Waals surface area contributed by atoms with Gasteiger partial charge in [0.05, 0.1) is 12.6 Å². The zero-order chi connectivity index (χ0) is 13.8. The van der Waals surface area contributed by atoms with Gasteiger partial charge >= 0.3 is 0 Å². The van der Waals surface area contributed by atoms with Crippen LogP contribution < -0.4 is 10.5 Å². The highest BCUT2D eigenvalue weighted by Crippen LogP contribution is 2.28. The minimum atomic E-state index is -0.172. The minimum Gasteiger partial charge on any atom is -0.494 e. The Morgan fingerprint density at radius 2 is 1.84 bits per heavy atom. The molecule has 2 aromatic carbocycles. The summed E-state index contributed by atoms with van der Waals surface area (Å²) in [6.07, 6.45) is 0. The summed E-state index contributed by atoms with van der Waals surface area (Å²) >= 11 is 6.14. The Hall–Kier alpha value is -1.51. The van der Waals surface area contributed by atoms with Gasteiger partial charge in [0.2, 0.25) is 0 Å². The Balaban J connectivity index is 2.28. The van der Waals surface area contributed by atoms with Gasteiger partial charge in [0.15, 0.2) is 0 Å². The highest BCUT2D eigenvalue weighted by molar-refractivity contribution is 6.31. The fraction of sp³-hybridized carbons (Fsp3) is 0.250. The average molecular weight is 276 g/mol. The van der Waals surface area contributed by atoms with Crippen LogP contribution in [0.25, 0.3) is 0 Å². The van der Waals surface area contributed by atoms with E-state index in [1.807, 2.05) is 56.3 Å². The molecule has 1 atom stereocenters. The second-order valence-corrected chi connectivity index (χ2v) is 4.84. The molecule has 0 radical (unpaired) electrons. The number of ether oxygens (including phenoxy) is 1. The molecule has 0 saturated carbocycles. The first-order valence-corrected chi connectivity index (χ1v) is 6.74. The molecule has 0 saturated heterocycles. The maximum Gasteiger partial charge on any atom is 0.119 e. The van der Waals surface area contributed by atoms with Gasteiger partial charge in [0, 0.05) is 5.02 Å². The molecule has 0 amide bonds. The molecule has 0 fully saturated rings. The second kappa shape index (κ2) is 6.09. The van der Waals surface area contributed by atoms with E-state index in [-0.39, 0.29) is 6.04 Å². The van der Waals surface area contributed by atoms with Crippen LogP contribution in [0.1, 0.15) is 29.7 Å². The van der Waals surface area contributed by atoms with Gasteiger partial charge in [-0.1, -0.05) is 35.9 Å². The van der Waals surface area contributed by atoms with Gasteiger partial charge in [-0.05, 0) is 48.7 Å². The summed E-state index contributed by atoms with van der Waals surface area (Å²) in [5.74, 6) is 0.862. The Labute approximate surface area is 119 Å². The summed E-state index contributed by atoms with van der Waals surface area (Å²) in [5, 5.41) is 0.749. The summed E-state index contributed by atoms with van der Waals surface area (Å²) in [6, 6.07) is 13.5. The second-order valence-electron chi connectivity index (χ2n) is 4.43. The highest BCUT2D eigenvalue weighted by Gasteiger charge is 2.12. The summed E-state index contributed by atoms with van der Waals surface area (Å²) < 4.78 is 5.43. The third-order valence-corrected chi connectivity index (χ3v) is 3.60. The molecule has 0 spiro atoms. The first-order chi connectivity index (χ1) is 9.13. The molecule has 0 heterocycles. The molecule has 0 bridgehead atoms. The van der Waals surface area contributed by atoms with E-state index in [4.69, 9.17) is 22.1 Å². The van der Waals surface area contributed by atoms with Crippen molar-refractivity contribution in [2.75, 3.05) is 6.61 Å². The smallest absolute Gasteiger partial charge is 0.119 e. The molecule has 0 aliphatic heterocycles. The van der Waals surface area contributed by atoms with Crippen LogP contribution in [-0.4, -0.2) is 6.61 Å². The van der Waals surface area contributed by atoms with Crippen molar-refractivity contribution in [2.24, 2.45) is 5.73 Å². The minimum absolute atomic E-state index is 0.172. The SMILES string of the molecule is CCOc1ccc(C(N)c2cccc(Cl)c2C)cc1. The number of halogens is 1. The molecule has 3 heteroatoms. The lowest BCUT2D eigenvalue weighted by Crippen LogP contribution is -2.13. The predicted octanol–water partition coefficient (Wildman–Crippen LogP) is 4.10. The largest absolute Gasteiger partial charge is 0.494 e. The van der Waals surface area contributed by atoms with Crippen molar-refractivity contribution in [3.63, 3.8) is 0 Å². The molecule has 2 nitrogen and oxygen atoms in total. The fourth-order valence-electron chi connectivity index (χ4n) is 2.08. The van der Waals surface area contributed by atoms with E-state index in [9.17, 15) is 0 Å². The molecule has 2 N–H and O–H groups in total. The topological polar surface area (TPSA) is 35.2 Å². The van der Waals surface area contributed by atoms with E-state index in [2.05, 4.69) is 0 Å². The summed E-state index contributed by atoms with van der Waals surface area (Å²) in [7, 11) is 0. The Bertz CT molecular complexity index is 551. The van der Waals surface area contributed by atoms with Gasteiger partial charge in [-0.3, -0.25) is 0 Å². The van der Waals surface area contributed by atoms with Crippen molar-refractivity contribution < 1.29 is 4.74 Å². The van der Waals surface area contributed by atoms with Crippen LogP contribution in [0.3, 0.4) is 0 Å². The Morgan fingerprint density at radius 1 is 1.16 bits per heavy atom. The standard InChI is InChI=1S/C16H18ClNO/c1-3-19-13-9-7-12(8-10-13)16(18)14-5-4-6-15(17)11(14)2/h4-10,16H,3,18H2,1-2H3. The Kier molecular flexibility index (Phi) is 4.46. The summed E-state index contributed by atoms with van der Waals surface area (Å²) in [6.45, 7) is 4.62.